The SMILES string of the molecule is CN(C)CCNC(=O)c1cnc(-c2ccccc2)nc1-c1ccc([N+](=O)[O-])cc1. The van der Waals surface area contributed by atoms with Gasteiger partial charge in [0.15, 0.2) is 5.82 Å². The fourth-order valence-corrected chi connectivity index (χ4v) is 2.72. The van der Waals surface area contributed by atoms with Crippen LogP contribution >= 0.6 is 0 Å². The average molecular weight is 391 g/mol. The largest absolute Gasteiger partial charge is 0.351 e. The number of carbonyl (C=O) groups is 1. The molecule has 0 saturated carbocycles. The molecule has 2 aromatic carbocycles. The van der Waals surface area contributed by atoms with Crippen molar-refractivity contribution in [3.8, 4) is 22.6 Å². The summed E-state index contributed by atoms with van der Waals surface area (Å²) in [5.41, 5.74) is 2.14. The number of hydrogen-bond donors (Lipinski definition) is 1. The van der Waals surface area contributed by atoms with Crippen LogP contribution in [0.1, 0.15) is 10.4 Å². The van der Waals surface area contributed by atoms with E-state index in [9.17, 15) is 14.9 Å². The highest BCUT2D eigenvalue weighted by atomic mass is 16.6. The van der Waals surface area contributed by atoms with Crippen LogP contribution in [0, 0.1) is 10.1 Å². The quantitative estimate of drug-likeness (QED) is 0.491. The first-order valence-corrected chi connectivity index (χ1v) is 9.06. The first-order valence-electron chi connectivity index (χ1n) is 9.06. The number of nitrogens with one attached hydrogen (secondary N) is 1. The van der Waals surface area contributed by atoms with Crippen molar-refractivity contribution in [1.82, 2.24) is 20.2 Å². The third kappa shape index (κ3) is 4.99. The number of carbonyl (C=O) groups excluding carboxylic acids is 1. The molecular weight excluding hydrogens is 370 g/mol. The van der Waals surface area contributed by atoms with Crippen LogP contribution in [0.3, 0.4) is 0 Å². The summed E-state index contributed by atoms with van der Waals surface area (Å²) in [6.07, 6.45) is 1.50. The summed E-state index contributed by atoms with van der Waals surface area (Å²) >= 11 is 0. The van der Waals surface area contributed by atoms with Gasteiger partial charge in [0.25, 0.3) is 11.6 Å². The van der Waals surface area contributed by atoms with E-state index in [2.05, 4.69) is 15.3 Å². The van der Waals surface area contributed by atoms with E-state index in [4.69, 9.17) is 0 Å². The van der Waals surface area contributed by atoms with Crippen LogP contribution in [0.25, 0.3) is 22.6 Å². The van der Waals surface area contributed by atoms with Crippen LogP contribution in [-0.2, 0) is 0 Å². The van der Waals surface area contributed by atoms with Crippen molar-refractivity contribution >= 4 is 11.6 Å². The van der Waals surface area contributed by atoms with Crippen molar-refractivity contribution in [2.45, 2.75) is 0 Å². The number of rotatable bonds is 7. The first-order chi connectivity index (χ1) is 14.0. The summed E-state index contributed by atoms with van der Waals surface area (Å²) in [6.45, 7) is 1.17. The van der Waals surface area contributed by atoms with Crippen LogP contribution in [0.15, 0.2) is 60.8 Å². The molecule has 3 rings (SSSR count). The van der Waals surface area contributed by atoms with Gasteiger partial charge < -0.3 is 10.2 Å². The molecule has 3 aromatic rings. The van der Waals surface area contributed by atoms with E-state index >= 15 is 0 Å². The Bertz CT molecular complexity index is 1000. The molecule has 0 fully saturated rings. The van der Waals surface area contributed by atoms with Crippen LogP contribution in [-0.4, -0.2) is 52.9 Å². The Hall–Kier alpha value is -3.65. The molecule has 0 radical (unpaired) electrons. The topological polar surface area (TPSA) is 101 Å². The van der Waals surface area contributed by atoms with Gasteiger partial charge in [-0.3, -0.25) is 14.9 Å². The number of non-ortho nitro benzene ring substituents is 1. The number of nitrogens with zero attached hydrogens (tertiary/aromatic N) is 4. The Morgan fingerprint density at radius 3 is 2.38 bits per heavy atom. The van der Waals surface area contributed by atoms with Crippen molar-refractivity contribution in [1.29, 1.82) is 0 Å². The van der Waals surface area contributed by atoms with Crippen molar-refractivity contribution < 1.29 is 9.72 Å². The minimum Gasteiger partial charge on any atom is -0.351 e. The summed E-state index contributed by atoms with van der Waals surface area (Å²) in [4.78, 5) is 34.1. The molecule has 8 heteroatoms. The Morgan fingerprint density at radius 1 is 1.07 bits per heavy atom. The molecule has 1 amide bonds. The molecule has 1 aromatic heterocycles. The second-order valence-corrected chi connectivity index (χ2v) is 6.69. The van der Waals surface area contributed by atoms with Gasteiger partial charge >= 0.3 is 0 Å². The van der Waals surface area contributed by atoms with E-state index in [1.54, 1.807) is 12.1 Å². The van der Waals surface area contributed by atoms with E-state index in [1.165, 1.54) is 18.3 Å². The van der Waals surface area contributed by atoms with Crippen LogP contribution in [0.2, 0.25) is 0 Å². The molecule has 0 saturated heterocycles. The molecule has 1 heterocycles. The van der Waals surface area contributed by atoms with E-state index in [0.29, 0.717) is 35.7 Å². The molecule has 0 spiro atoms. The normalized spacial score (nSPS) is 10.7. The zero-order valence-corrected chi connectivity index (χ0v) is 16.2. The highest BCUT2D eigenvalue weighted by molar-refractivity contribution is 6.00. The molecule has 0 atom stereocenters. The fraction of sp³-hybridized carbons (Fsp3) is 0.190. The van der Waals surface area contributed by atoms with Gasteiger partial charge in [-0.1, -0.05) is 30.3 Å². The molecule has 0 aliphatic heterocycles. The predicted octanol–water partition coefficient (Wildman–Crippen LogP) is 3.01. The van der Waals surface area contributed by atoms with E-state index in [0.717, 1.165) is 5.56 Å². The van der Waals surface area contributed by atoms with Crippen molar-refractivity contribution in [3.05, 3.63) is 76.5 Å². The number of nitro benzene ring substituents is 1. The van der Waals surface area contributed by atoms with Gasteiger partial charge in [0.1, 0.15) is 0 Å². The maximum atomic E-state index is 12.7. The molecule has 29 heavy (non-hydrogen) atoms. The van der Waals surface area contributed by atoms with Gasteiger partial charge in [-0.2, -0.15) is 0 Å². The summed E-state index contributed by atoms with van der Waals surface area (Å²) in [7, 11) is 3.85. The number of hydrogen-bond acceptors (Lipinski definition) is 6. The zero-order valence-electron chi connectivity index (χ0n) is 16.2. The van der Waals surface area contributed by atoms with Gasteiger partial charge in [0.2, 0.25) is 0 Å². The maximum absolute atomic E-state index is 12.7. The molecule has 148 valence electrons. The van der Waals surface area contributed by atoms with Crippen molar-refractivity contribution in [3.63, 3.8) is 0 Å². The Morgan fingerprint density at radius 2 is 1.76 bits per heavy atom. The minimum atomic E-state index is -0.464. The van der Waals surface area contributed by atoms with E-state index < -0.39 is 4.92 Å². The molecular formula is C21H21N5O3. The zero-order chi connectivity index (χ0) is 20.8. The molecule has 8 nitrogen and oxygen atoms in total. The van der Waals surface area contributed by atoms with E-state index in [1.807, 2.05) is 49.3 Å². The first kappa shape index (κ1) is 20.1. The molecule has 0 aliphatic carbocycles. The molecule has 0 aliphatic rings. The average Bonchev–Trinajstić information content (AvgIpc) is 2.73. The second-order valence-electron chi connectivity index (χ2n) is 6.69. The Kier molecular flexibility index (Phi) is 6.25. The molecule has 0 unspecified atom stereocenters. The fourth-order valence-electron chi connectivity index (χ4n) is 2.72. The lowest BCUT2D eigenvalue weighted by Crippen LogP contribution is -2.31. The lowest BCUT2D eigenvalue weighted by atomic mass is 10.1. The summed E-state index contributed by atoms with van der Waals surface area (Å²) in [6, 6.07) is 15.4. The highest BCUT2D eigenvalue weighted by Gasteiger charge is 2.18. The van der Waals surface area contributed by atoms with Crippen LogP contribution in [0.4, 0.5) is 5.69 Å². The second kappa shape index (κ2) is 9.03. The van der Waals surface area contributed by atoms with Gasteiger partial charge in [-0.15, -0.1) is 0 Å². The summed E-state index contributed by atoms with van der Waals surface area (Å²) in [5.74, 6) is 0.184. The lowest BCUT2D eigenvalue weighted by molar-refractivity contribution is -0.384. The monoisotopic (exact) mass is 391 g/mol. The number of likely N-dealkylation sites (N-methyl/N-ethyl adjacent to an activating group) is 1. The van der Waals surface area contributed by atoms with Crippen molar-refractivity contribution in [2.75, 3.05) is 27.2 Å². The third-order valence-electron chi connectivity index (χ3n) is 4.26. The highest BCUT2D eigenvalue weighted by Crippen LogP contribution is 2.26. The number of amides is 1. The summed E-state index contributed by atoms with van der Waals surface area (Å²) in [5, 5.41) is 13.8. The maximum Gasteiger partial charge on any atom is 0.269 e. The molecule has 1 N–H and O–H groups in total. The standard InChI is InChI=1S/C21H21N5O3/c1-25(2)13-12-22-21(27)18-14-23-20(16-6-4-3-5-7-16)24-19(18)15-8-10-17(11-9-15)26(28)29/h3-11,14H,12-13H2,1-2H3,(H,22,27). The Balaban J connectivity index is 2.00. The number of nitro groups is 1. The third-order valence-corrected chi connectivity index (χ3v) is 4.26. The van der Waals surface area contributed by atoms with Crippen LogP contribution in [0.5, 0.6) is 0 Å². The lowest BCUT2D eigenvalue weighted by Gasteiger charge is -2.13. The molecule has 0 bridgehead atoms. The predicted molar refractivity (Wildman–Crippen MR) is 110 cm³/mol. The van der Waals surface area contributed by atoms with Gasteiger partial charge in [0, 0.05) is 42.5 Å². The van der Waals surface area contributed by atoms with E-state index in [-0.39, 0.29) is 11.6 Å². The minimum absolute atomic E-state index is 0.0249. The van der Waals surface area contributed by atoms with Crippen molar-refractivity contribution in [2.24, 2.45) is 0 Å². The number of benzene rings is 2. The number of aromatic nitrogens is 2. The summed E-state index contributed by atoms with van der Waals surface area (Å²) < 4.78 is 0. The van der Waals surface area contributed by atoms with Gasteiger partial charge in [-0.25, -0.2) is 9.97 Å². The van der Waals surface area contributed by atoms with Gasteiger partial charge in [-0.05, 0) is 26.2 Å². The van der Waals surface area contributed by atoms with Gasteiger partial charge in [0.05, 0.1) is 16.2 Å². The Labute approximate surface area is 168 Å². The van der Waals surface area contributed by atoms with Crippen LogP contribution < -0.4 is 5.32 Å². The smallest absolute Gasteiger partial charge is 0.269 e.